The molecule has 0 saturated carbocycles. The molecule has 0 aliphatic carbocycles. The Morgan fingerprint density at radius 2 is 1.71 bits per heavy atom. The first kappa shape index (κ1) is 16.9. The smallest absolute Gasteiger partial charge is 0.248 e. The van der Waals surface area contributed by atoms with Gasteiger partial charge in [-0.1, -0.05) is 30.3 Å². The summed E-state index contributed by atoms with van der Waals surface area (Å²) in [5.74, 6) is 0.204. The molecule has 1 aromatic rings. The van der Waals surface area contributed by atoms with E-state index in [1.54, 1.807) is 4.90 Å². The number of hydrogen-bond donors (Lipinski definition) is 0. The summed E-state index contributed by atoms with van der Waals surface area (Å²) in [5, 5.41) is 0. The number of amides is 2. The predicted octanol–water partition coefficient (Wildman–Crippen LogP) is 0.578. The van der Waals surface area contributed by atoms with Crippen LogP contribution < -0.4 is 0 Å². The first-order valence-electron chi connectivity index (χ1n) is 8.52. The zero-order valence-electron chi connectivity index (χ0n) is 14.2. The monoisotopic (exact) mass is 331 g/mol. The zero-order chi connectivity index (χ0) is 16.9. The summed E-state index contributed by atoms with van der Waals surface area (Å²) in [5.41, 5.74) is 1.24. The molecule has 3 rings (SSSR count). The van der Waals surface area contributed by atoms with Crippen LogP contribution in [-0.4, -0.2) is 79.0 Å². The second kappa shape index (κ2) is 7.77. The van der Waals surface area contributed by atoms with E-state index in [1.807, 2.05) is 23.1 Å². The highest BCUT2D eigenvalue weighted by molar-refractivity contribution is 5.83. The molecule has 2 heterocycles. The van der Waals surface area contributed by atoms with E-state index in [0.717, 1.165) is 19.5 Å². The molecular weight excluding hydrogens is 306 g/mol. The van der Waals surface area contributed by atoms with E-state index in [1.165, 1.54) is 12.7 Å². The van der Waals surface area contributed by atoms with E-state index >= 15 is 0 Å². The molecule has 0 N–H and O–H groups in total. The van der Waals surface area contributed by atoms with Gasteiger partial charge in [0.1, 0.15) is 6.61 Å². The summed E-state index contributed by atoms with van der Waals surface area (Å²) in [4.78, 5) is 30.5. The minimum atomic E-state index is -0.00793. The Hall–Kier alpha value is -1.92. The van der Waals surface area contributed by atoms with E-state index in [-0.39, 0.29) is 24.5 Å². The molecule has 2 aliphatic heterocycles. The maximum atomic E-state index is 12.7. The summed E-state index contributed by atoms with van der Waals surface area (Å²) < 4.78 is 4.89. The fraction of sp³-hybridized carbons (Fsp3) is 0.556. The Balaban J connectivity index is 1.49. The van der Waals surface area contributed by atoms with Gasteiger partial charge in [0.2, 0.25) is 11.8 Å². The molecule has 0 spiro atoms. The predicted molar refractivity (Wildman–Crippen MR) is 90.3 cm³/mol. The van der Waals surface area contributed by atoms with Gasteiger partial charge in [0.05, 0.1) is 6.04 Å². The molecular formula is C18H25N3O3. The van der Waals surface area contributed by atoms with Gasteiger partial charge in [0, 0.05) is 46.4 Å². The van der Waals surface area contributed by atoms with E-state index in [9.17, 15) is 9.59 Å². The van der Waals surface area contributed by atoms with Crippen molar-refractivity contribution >= 4 is 11.8 Å². The summed E-state index contributed by atoms with van der Waals surface area (Å²) >= 11 is 0. The van der Waals surface area contributed by atoms with Crippen LogP contribution in [0.1, 0.15) is 12.0 Å². The molecule has 0 aromatic heterocycles. The van der Waals surface area contributed by atoms with Crippen LogP contribution in [0.5, 0.6) is 0 Å². The molecule has 1 aromatic carbocycles. The fourth-order valence-electron chi connectivity index (χ4n) is 3.33. The molecule has 6 heteroatoms. The molecule has 1 atom stereocenters. The first-order valence-corrected chi connectivity index (χ1v) is 8.52. The summed E-state index contributed by atoms with van der Waals surface area (Å²) in [6.07, 6.45) is 0.925. The maximum absolute atomic E-state index is 12.7. The number of nitrogens with zero attached hydrogens (tertiary/aromatic N) is 3. The Bertz CT molecular complexity index is 570. The number of piperazine rings is 1. The van der Waals surface area contributed by atoms with E-state index in [4.69, 9.17) is 4.74 Å². The second-order valence-corrected chi connectivity index (χ2v) is 6.40. The van der Waals surface area contributed by atoms with Gasteiger partial charge in [-0.25, -0.2) is 0 Å². The SMILES string of the molecule is COCC(=O)N1CCN(C(=O)[C@@H]2CCN2Cc2ccccc2)CC1. The number of carbonyl (C=O) groups excluding carboxylic acids is 2. The van der Waals surface area contributed by atoms with Gasteiger partial charge in [-0.2, -0.15) is 0 Å². The van der Waals surface area contributed by atoms with Crippen LogP contribution in [0, 0.1) is 0 Å². The van der Waals surface area contributed by atoms with Crippen LogP contribution in [0.4, 0.5) is 0 Å². The van der Waals surface area contributed by atoms with Gasteiger partial charge in [-0.05, 0) is 12.0 Å². The van der Waals surface area contributed by atoms with Crippen molar-refractivity contribution in [2.75, 3.05) is 46.4 Å². The van der Waals surface area contributed by atoms with Gasteiger partial charge in [-0.3, -0.25) is 14.5 Å². The van der Waals surface area contributed by atoms with Crippen LogP contribution in [0.15, 0.2) is 30.3 Å². The van der Waals surface area contributed by atoms with Crippen LogP contribution in [-0.2, 0) is 20.9 Å². The van der Waals surface area contributed by atoms with Crippen LogP contribution in [0.25, 0.3) is 0 Å². The maximum Gasteiger partial charge on any atom is 0.248 e. The summed E-state index contributed by atoms with van der Waals surface area (Å²) in [7, 11) is 1.52. The highest BCUT2D eigenvalue weighted by atomic mass is 16.5. The topological polar surface area (TPSA) is 53.1 Å². The van der Waals surface area contributed by atoms with Crippen LogP contribution in [0.2, 0.25) is 0 Å². The first-order chi connectivity index (χ1) is 11.7. The molecule has 2 fully saturated rings. The van der Waals surface area contributed by atoms with Gasteiger partial charge >= 0.3 is 0 Å². The highest BCUT2D eigenvalue weighted by Crippen LogP contribution is 2.23. The van der Waals surface area contributed by atoms with Crippen molar-refractivity contribution in [1.82, 2.24) is 14.7 Å². The van der Waals surface area contributed by atoms with Crippen molar-refractivity contribution in [3.8, 4) is 0 Å². The summed E-state index contributed by atoms with van der Waals surface area (Å²) in [6, 6.07) is 10.3. The lowest BCUT2D eigenvalue weighted by molar-refractivity contribution is -0.148. The highest BCUT2D eigenvalue weighted by Gasteiger charge is 2.37. The van der Waals surface area contributed by atoms with Crippen molar-refractivity contribution in [3.63, 3.8) is 0 Å². The second-order valence-electron chi connectivity index (χ2n) is 6.40. The normalized spacial score (nSPS) is 21.5. The molecule has 2 aliphatic rings. The quantitative estimate of drug-likeness (QED) is 0.792. The number of likely N-dealkylation sites (tertiary alicyclic amines) is 1. The molecule has 6 nitrogen and oxygen atoms in total. The average molecular weight is 331 g/mol. The standard InChI is InChI=1S/C18H25N3O3/c1-24-14-17(22)19-9-11-20(12-10-19)18(23)16-7-8-21(16)13-15-5-3-2-4-6-15/h2-6,16H,7-14H2,1H3/t16-/m0/s1. The van der Waals surface area contributed by atoms with E-state index in [2.05, 4.69) is 17.0 Å². The Kier molecular flexibility index (Phi) is 5.48. The van der Waals surface area contributed by atoms with Crippen molar-refractivity contribution in [2.45, 2.75) is 19.0 Å². The number of benzene rings is 1. The van der Waals surface area contributed by atoms with Crippen molar-refractivity contribution in [1.29, 1.82) is 0 Å². The van der Waals surface area contributed by atoms with Crippen LogP contribution in [0.3, 0.4) is 0 Å². The number of hydrogen-bond acceptors (Lipinski definition) is 4. The number of methoxy groups -OCH3 is 1. The third-order valence-electron chi connectivity index (χ3n) is 4.86. The third-order valence-corrected chi connectivity index (χ3v) is 4.86. The van der Waals surface area contributed by atoms with E-state index < -0.39 is 0 Å². The van der Waals surface area contributed by atoms with Crippen molar-refractivity contribution in [2.24, 2.45) is 0 Å². The summed E-state index contributed by atoms with van der Waals surface area (Å²) in [6.45, 7) is 4.33. The minimum Gasteiger partial charge on any atom is -0.375 e. The number of rotatable bonds is 5. The molecule has 0 radical (unpaired) electrons. The third kappa shape index (κ3) is 3.76. The lowest BCUT2D eigenvalue weighted by atomic mass is 9.99. The molecule has 2 saturated heterocycles. The lowest BCUT2D eigenvalue weighted by Crippen LogP contribution is -2.60. The van der Waals surface area contributed by atoms with Gasteiger partial charge in [-0.15, -0.1) is 0 Å². The van der Waals surface area contributed by atoms with Crippen molar-refractivity contribution < 1.29 is 14.3 Å². The molecule has 2 amide bonds. The Morgan fingerprint density at radius 3 is 2.29 bits per heavy atom. The number of carbonyl (C=O) groups is 2. The molecule has 0 bridgehead atoms. The van der Waals surface area contributed by atoms with Crippen molar-refractivity contribution in [3.05, 3.63) is 35.9 Å². The molecule has 130 valence electrons. The average Bonchev–Trinajstić information content (AvgIpc) is 2.60. The largest absolute Gasteiger partial charge is 0.375 e. The van der Waals surface area contributed by atoms with Gasteiger partial charge in [0.15, 0.2) is 0 Å². The molecule has 24 heavy (non-hydrogen) atoms. The zero-order valence-corrected chi connectivity index (χ0v) is 14.2. The Morgan fingerprint density at radius 1 is 1.04 bits per heavy atom. The number of ether oxygens (including phenoxy) is 1. The Labute approximate surface area is 143 Å². The van der Waals surface area contributed by atoms with Crippen LogP contribution >= 0.6 is 0 Å². The molecule has 0 unspecified atom stereocenters. The fourth-order valence-corrected chi connectivity index (χ4v) is 3.33. The lowest BCUT2D eigenvalue weighted by Gasteiger charge is -2.44. The van der Waals surface area contributed by atoms with Gasteiger partial charge < -0.3 is 14.5 Å². The van der Waals surface area contributed by atoms with E-state index in [0.29, 0.717) is 26.2 Å². The minimum absolute atomic E-state index is 0.000975. The van der Waals surface area contributed by atoms with Gasteiger partial charge in [0.25, 0.3) is 0 Å².